The predicted octanol–water partition coefficient (Wildman–Crippen LogP) is 5.53. The summed E-state index contributed by atoms with van der Waals surface area (Å²) in [5, 5.41) is 3.54. The van der Waals surface area contributed by atoms with E-state index in [-0.39, 0.29) is 12.4 Å². The number of carbonyl (C=O) groups excluding carboxylic acids is 1. The smallest absolute Gasteiger partial charge is 0.374 e. The van der Waals surface area contributed by atoms with Gasteiger partial charge in [-0.1, -0.05) is 48.5 Å². The van der Waals surface area contributed by atoms with E-state index < -0.39 is 5.97 Å². The topological polar surface area (TPSA) is 71.8 Å². The Morgan fingerprint density at radius 1 is 0.824 bits per heavy atom. The zero-order valence-corrected chi connectivity index (χ0v) is 19.4. The number of esters is 1. The van der Waals surface area contributed by atoms with Gasteiger partial charge in [-0.2, -0.15) is 0 Å². The van der Waals surface area contributed by atoms with Crippen molar-refractivity contribution in [1.29, 1.82) is 0 Å². The van der Waals surface area contributed by atoms with Crippen LogP contribution in [0.1, 0.15) is 17.5 Å². The van der Waals surface area contributed by atoms with Crippen LogP contribution in [0, 0.1) is 0 Å². The number of rotatable bonds is 6. The van der Waals surface area contributed by atoms with Crippen LogP contribution in [0.5, 0.6) is 17.2 Å². The summed E-state index contributed by atoms with van der Waals surface area (Å²) in [5.41, 5.74) is 1.97. The molecular formula is C27H24N2O5. The third kappa shape index (κ3) is 3.20. The Bertz CT molecular complexity index is 1550. The van der Waals surface area contributed by atoms with Crippen LogP contribution in [0.4, 0.5) is 0 Å². The van der Waals surface area contributed by atoms with Crippen LogP contribution in [0.3, 0.4) is 0 Å². The van der Waals surface area contributed by atoms with Crippen molar-refractivity contribution in [2.45, 2.75) is 6.92 Å². The number of methoxy groups -OCH3 is 3. The first kappa shape index (κ1) is 21.6. The minimum atomic E-state index is -0.532. The van der Waals surface area contributed by atoms with Gasteiger partial charge in [-0.3, -0.25) is 4.57 Å². The number of fused-ring (bicyclic) bond motifs is 4. The average molecular weight is 456 g/mol. The van der Waals surface area contributed by atoms with Gasteiger partial charge in [-0.05, 0) is 6.92 Å². The lowest BCUT2D eigenvalue weighted by atomic mass is 10.1. The van der Waals surface area contributed by atoms with Gasteiger partial charge < -0.3 is 18.9 Å². The van der Waals surface area contributed by atoms with Gasteiger partial charge in [0.2, 0.25) is 5.82 Å². The van der Waals surface area contributed by atoms with E-state index in [1.54, 1.807) is 32.8 Å². The molecule has 4 aromatic carbocycles. The van der Waals surface area contributed by atoms with E-state index >= 15 is 0 Å². The van der Waals surface area contributed by atoms with Crippen LogP contribution >= 0.6 is 0 Å². The Kier molecular flexibility index (Phi) is 5.45. The zero-order chi connectivity index (χ0) is 23.8. The lowest BCUT2D eigenvalue weighted by Gasteiger charge is -2.18. The number of nitrogens with zero attached hydrogens (tertiary/aromatic N) is 2. The van der Waals surface area contributed by atoms with Crippen molar-refractivity contribution >= 4 is 38.5 Å². The fourth-order valence-corrected chi connectivity index (χ4v) is 4.49. The maximum Gasteiger partial charge on any atom is 0.374 e. The van der Waals surface area contributed by atoms with Crippen LogP contribution < -0.4 is 14.2 Å². The molecule has 5 aromatic rings. The fourth-order valence-electron chi connectivity index (χ4n) is 4.49. The van der Waals surface area contributed by atoms with Gasteiger partial charge >= 0.3 is 5.97 Å². The lowest BCUT2D eigenvalue weighted by molar-refractivity contribution is 0.0510. The summed E-state index contributed by atoms with van der Waals surface area (Å²) >= 11 is 0. The predicted molar refractivity (Wildman–Crippen MR) is 132 cm³/mol. The highest BCUT2D eigenvalue weighted by Crippen LogP contribution is 2.42. The Morgan fingerprint density at radius 2 is 1.41 bits per heavy atom. The minimum Gasteiger partial charge on any atom is -0.496 e. The summed E-state index contributed by atoms with van der Waals surface area (Å²) in [6, 6.07) is 19.4. The highest BCUT2D eigenvalue weighted by molar-refractivity contribution is 6.10. The largest absolute Gasteiger partial charge is 0.496 e. The van der Waals surface area contributed by atoms with E-state index in [0.717, 1.165) is 27.1 Å². The summed E-state index contributed by atoms with van der Waals surface area (Å²) in [4.78, 5) is 17.8. The number of benzene rings is 4. The van der Waals surface area contributed by atoms with Crippen LogP contribution in [0.15, 0.2) is 60.7 Å². The normalized spacial score (nSPS) is 11.2. The molecule has 7 nitrogen and oxygen atoms in total. The third-order valence-corrected chi connectivity index (χ3v) is 5.90. The van der Waals surface area contributed by atoms with Crippen LogP contribution in [0.25, 0.3) is 38.3 Å². The lowest BCUT2D eigenvalue weighted by Crippen LogP contribution is -2.13. The molecule has 0 spiro atoms. The maximum atomic E-state index is 13.1. The van der Waals surface area contributed by atoms with E-state index in [4.69, 9.17) is 18.9 Å². The molecular weight excluding hydrogens is 432 g/mol. The number of ether oxygens (including phenoxy) is 4. The first-order valence-electron chi connectivity index (χ1n) is 10.9. The molecule has 0 saturated carbocycles. The van der Waals surface area contributed by atoms with Crippen molar-refractivity contribution < 1.29 is 23.7 Å². The van der Waals surface area contributed by atoms with E-state index in [1.165, 1.54) is 0 Å². The number of hydrogen-bond acceptors (Lipinski definition) is 6. The molecule has 0 amide bonds. The molecule has 0 aliphatic rings. The second-order valence-corrected chi connectivity index (χ2v) is 7.66. The average Bonchev–Trinajstić information content (AvgIpc) is 3.27. The molecule has 7 heteroatoms. The Hall–Kier alpha value is -4.26. The minimum absolute atomic E-state index is 0.144. The van der Waals surface area contributed by atoms with Crippen molar-refractivity contribution in [3.63, 3.8) is 0 Å². The van der Waals surface area contributed by atoms with Gasteiger partial charge in [0.15, 0.2) is 5.75 Å². The van der Waals surface area contributed by atoms with E-state index in [1.807, 2.05) is 60.7 Å². The fraction of sp³-hybridized carbons (Fsp3) is 0.185. The SMILES string of the molecule is CCOC(=O)c1nc2cc(OC)c3ccccc3c2n1-c1cc(OC)c2ccccc2c1OC. The molecule has 0 bridgehead atoms. The first-order chi connectivity index (χ1) is 16.6. The monoisotopic (exact) mass is 456 g/mol. The second kappa shape index (κ2) is 8.59. The molecule has 34 heavy (non-hydrogen) atoms. The van der Waals surface area contributed by atoms with Crippen molar-refractivity contribution in [3.05, 3.63) is 66.5 Å². The number of imidazole rings is 1. The molecule has 0 fully saturated rings. The van der Waals surface area contributed by atoms with E-state index in [9.17, 15) is 4.79 Å². The second-order valence-electron chi connectivity index (χ2n) is 7.66. The molecule has 1 aromatic heterocycles. The highest BCUT2D eigenvalue weighted by atomic mass is 16.5. The highest BCUT2D eigenvalue weighted by Gasteiger charge is 2.26. The molecule has 0 radical (unpaired) electrons. The van der Waals surface area contributed by atoms with E-state index in [0.29, 0.717) is 28.5 Å². The molecule has 0 saturated heterocycles. The van der Waals surface area contributed by atoms with Crippen molar-refractivity contribution in [2.75, 3.05) is 27.9 Å². The number of carbonyl (C=O) groups is 1. The molecule has 5 rings (SSSR count). The third-order valence-electron chi connectivity index (χ3n) is 5.90. The van der Waals surface area contributed by atoms with Crippen LogP contribution in [0.2, 0.25) is 0 Å². The summed E-state index contributed by atoms with van der Waals surface area (Å²) in [7, 11) is 4.85. The van der Waals surface area contributed by atoms with E-state index in [2.05, 4.69) is 4.98 Å². The molecule has 1 heterocycles. The molecule has 0 aliphatic carbocycles. The molecule has 0 unspecified atom stereocenters. The summed E-state index contributed by atoms with van der Waals surface area (Å²) in [6.07, 6.45) is 0. The first-order valence-corrected chi connectivity index (χ1v) is 10.9. The Balaban J connectivity index is 1.99. The van der Waals surface area contributed by atoms with Crippen molar-refractivity contribution in [1.82, 2.24) is 9.55 Å². The van der Waals surface area contributed by atoms with Crippen molar-refractivity contribution in [3.8, 4) is 22.9 Å². The van der Waals surface area contributed by atoms with Gasteiger partial charge in [-0.15, -0.1) is 0 Å². The number of hydrogen-bond donors (Lipinski definition) is 0. The van der Waals surface area contributed by atoms with Gasteiger partial charge in [-0.25, -0.2) is 9.78 Å². The molecule has 0 N–H and O–H groups in total. The Morgan fingerprint density at radius 3 is 2.03 bits per heavy atom. The molecule has 172 valence electrons. The maximum absolute atomic E-state index is 13.1. The standard InChI is InChI=1S/C27H24N2O5/c1-5-34-27(30)26-28-20-14-22(31-2)16-10-6-8-12-18(16)24(20)29(26)21-15-23(32-3)17-11-7-9-13-19(17)25(21)33-4/h6-15H,5H2,1-4H3. The van der Waals surface area contributed by atoms with Gasteiger partial charge in [0, 0.05) is 33.7 Å². The Labute approximate surface area is 196 Å². The van der Waals surface area contributed by atoms with Crippen LogP contribution in [-0.2, 0) is 4.74 Å². The molecule has 0 aliphatic heterocycles. The quantitative estimate of drug-likeness (QED) is 0.313. The van der Waals surface area contributed by atoms with Gasteiger partial charge in [0.05, 0.1) is 44.7 Å². The zero-order valence-electron chi connectivity index (χ0n) is 19.4. The van der Waals surface area contributed by atoms with Crippen LogP contribution in [-0.4, -0.2) is 43.5 Å². The summed E-state index contributed by atoms with van der Waals surface area (Å²) in [6.45, 7) is 1.99. The summed E-state index contributed by atoms with van der Waals surface area (Å²) < 4.78 is 24.4. The summed E-state index contributed by atoms with van der Waals surface area (Å²) in [5.74, 6) is 1.54. The molecule has 0 atom stereocenters. The van der Waals surface area contributed by atoms with Crippen molar-refractivity contribution in [2.24, 2.45) is 0 Å². The van der Waals surface area contributed by atoms with Gasteiger partial charge in [0.25, 0.3) is 0 Å². The van der Waals surface area contributed by atoms with Gasteiger partial charge in [0.1, 0.15) is 11.5 Å². The number of aromatic nitrogens is 2.